The average Bonchev–Trinajstić information content (AvgIpc) is 2.60. The van der Waals surface area contributed by atoms with Crippen molar-refractivity contribution in [1.82, 2.24) is 5.43 Å². The van der Waals surface area contributed by atoms with Crippen molar-refractivity contribution in [2.45, 2.75) is 19.8 Å². The van der Waals surface area contributed by atoms with E-state index in [0.717, 1.165) is 5.56 Å². The summed E-state index contributed by atoms with van der Waals surface area (Å²) in [6.45, 7) is 1.93. The Balaban J connectivity index is 1.76. The molecule has 0 aliphatic rings. The molecule has 0 aliphatic heterocycles. The molecule has 0 heterocycles. The van der Waals surface area contributed by atoms with Gasteiger partial charge in [0, 0.05) is 18.5 Å². The van der Waals surface area contributed by atoms with Crippen molar-refractivity contribution < 1.29 is 19.4 Å². The van der Waals surface area contributed by atoms with Crippen LogP contribution in [0.25, 0.3) is 0 Å². The van der Waals surface area contributed by atoms with E-state index in [2.05, 4.69) is 15.8 Å². The normalized spacial score (nSPS) is 10.5. The van der Waals surface area contributed by atoms with E-state index in [9.17, 15) is 14.7 Å². The molecule has 26 heavy (non-hydrogen) atoms. The summed E-state index contributed by atoms with van der Waals surface area (Å²) in [4.78, 5) is 23.6. The Morgan fingerprint density at radius 1 is 1.15 bits per heavy atom. The Morgan fingerprint density at radius 3 is 2.62 bits per heavy atom. The molecule has 0 saturated heterocycles. The van der Waals surface area contributed by atoms with Crippen LogP contribution in [0.5, 0.6) is 11.5 Å². The minimum atomic E-state index is -0.377. The van der Waals surface area contributed by atoms with E-state index in [1.165, 1.54) is 19.4 Å². The van der Waals surface area contributed by atoms with E-state index >= 15 is 0 Å². The van der Waals surface area contributed by atoms with E-state index in [1.54, 1.807) is 18.2 Å². The first-order chi connectivity index (χ1) is 12.5. The number of nitrogens with zero attached hydrogens (tertiary/aromatic N) is 1. The number of ether oxygens (including phenoxy) is 1. The van der Waals surface area contributed by atoms with E-state index in [1.807, 2.05) is 25.1 Å². The first-order valence-electron chi connectivity index (χ1n) is 8.03. The topological polar surface area (TPSA) is 100 Å². The van der Waals surface area contributed by atoms with Crippen molar-refractivity contribution in [3.63, 3.8) is 0 Å². The van der Waals surface area contributed by atoms with E-state index < -0.39 is 0 Å². The third-order valence-electron chi connectivity index (χ3n) is 3.49. The van der Waals surface area contributed by atoms with Gasteiger partial charge in [-0.25, -0.2) is 5.43 Å². The molecule has 0 spiro atoms. The first kappa shape index (κ1) is 19.0. The SMILES string of the molecule is COc1ccc(/C=N/NC(=O)CCC(=O)Nc2cccc(C)c2)cc1O. The summed E-state index contributed by atoms with van der Waals surface area (Å²) in [5.41, 5.74) is 4.69. The van der Waals surface area contributed by atoms with Gasteiger partial charge in [0.15, 0.2) is 11.5 Å². The maximum Gasteiger partial charge on any atom is 0.240 e. The van der Waals surface area contributed by atoms with Crippen molar-refractivity contribution in [3.8, 4) is 11.5 Å². The van der Waals surface area contributed by atoms with Gasteiger partial charge in [0.2, 0.25) is 11.8 Å². The molecule has 0 unspecified atom stereocenters. The second-order valence-corrected chi connectivity index (χ2v) is 5.64. The third-order valence-corrected chi connectivity index (χ3v) is 3.49. The van der Waals surface area contributed by atoms with Gasteiger partial charge in [-0.05, 0) is 48.4 Å². The number of nitrogens with one attached hydrogen (secondary N) is 2. The third kappa shape index (κ3) is 5.94. The molecule has 0 aromatic heterocycles. The monoisotopic (exact) mass is 355 g/mol. The Hall–Kier alpha value is -3.35. The second kappa shape index (κ2) is 9.22. The molecule has 2 aromatic carbocycles. The van der Waals surface area contributed by atoms with Crippen LogP contribution in [0.4, 0.5) is 5.69 Å². The van der Waals surface area contributed by atoms with Crippen LogP contribution < -0.4 is 15.5 Å². The predicted octanol–water partition coefficient (Wildman–Crippen LogP) is 2.58. The number of anilines is 1. The van der Waals surface area contributed by atoms with Gasteiger partial charge in [-0.2, -0.15) is 5.10 Å². The molecule has 2 aromatic rings. The van der Waals surface area contributed by atoms with Gasteiger partial charge in [0.1, 0.15) is 0 Å². The Labute approximate surface area is 151 Å². The molecule has 0 radical (unpaired) electrons. The van der Waals surface area contributed by atoms with Crippen LogP contribution in [-0.2, 0) is 9.59 Å². The summed E-state index contributed by atoms with van der Waals surface area (Å²) in [7, 11) is 1.46. The molecule has 0 atom stereocenters. The summed E-state index contributed by atoms with van der Waals surface area (Å²) in [6.07, 6.45) is 1.46. The molecule has 7 nitrogen and oxygen atoms in total. The number of amides is 2. The lowest BCUT2D eigenvalue weighted by atomic mass is 10.2. The van der Waals surface area contributed by atoms with Crippen LogP contribution in [0.15, 0.2) is 47.6 Å². The lowest BCUT2D eigenvalue weighted by molar-refractivity contribution is -0.124. The Kier molecular flexibility index (Phi) is 6.73. The van der Waals surface area contributed by atoms with Crippen molar-refractivity contribution in [1.29, 1.82) is 0 Å². The zero-order chi connectivity index (χ0) is 18.9. The number of phenols is 1. The number of hydrazone groups is 1. The van der Waals surface area contributed by atoms with Gasteiger partial charge in [0.25, 0.3) is 0 Å². The maximum atomic E-state index is 11.9. The zero-order valence-electron chi connectivity index (χ0n) is 14.7. The number of carbonyl (C=O) groups excluding carboxylic acids is 2. The van der Waals surface area contributed by atoms with Gasteiger partial charge in [-0.3, -0.25) is 9.59 Å². The van der Waals surface area contributed by atoms with Crippen LogP contribution >= 0.6 is 0 Å². The molecule has 136 valence electrons. The van der Waals surface area contributed by atoms with E-state index in [-0.39, 0.29) is 30.4 Å². The van der Waals surface area contributed by atoms with Gasteiger partial charge < -0.3 is 15.2 Å². The molecular weight excluding hydrogens is 334 g/mol. The smallest absolute Gasteiger partial charge is 0.240 e. The van der Waals surface area contributed by atoms with Crippen molar-refractivity contribution in [3.05, 3.63) is 53.6 Å². The number of hydrogen-bond acceptors (Lipinski definition) is 5. The highest BCUT2D eigenvalue weighted by Gasteiger charge is 2.07. The summed E-state index contributed by atoms with van der Waals surface area (Å²) in [5, 5.41) is 16.2. The Morgan fingerprint density at radius 2 is 1.92 bits per heavy atom. The highest BCUT2D eigenvalue weighted by molar-refractivity contribution is 5.93. The number of carbonyl (C=O) groups is 2. The summed E-state index contributed by atoms with van der Waals surface area (Å²) < 4.78 is 4.94. The van der Waals surface area contributed by atoms with E-state index in [0.29, 0.717) is 17.0 Å². The molecule has 0 bridgehead atoms. The number of phenolic OH excluding ortho intramolecular Hbond substituents is 1. The molecule has 0 aliphatic carbocycles. The highest BCUT2D eigenvalue weighted by atomic mass is 16.5. The van der Waals surface area contributed by atoms with Gasteiger partial charge in [0.05, 0.1) is 13.3 Å². The lowest BCUT2D eigenvalue weighted by Crippen LogP contribution is -2.20. The quantitative estimate of drug-likeness (QED) is 0.525. The minimum Gasteiger partial charge on any atom is -0.504 e. The van der Waals surface area contributed by atoms with Crippen LogP contribution in [0, 0.1) is 6.92 Å². The number of aryl methyl sites for hydroxylation is 1. The Bertz CT molecular complexity index is 818. The summed E-state index contributed by atoms with van der Waals surface area (Å²) >= 11 is 0. The van der Waals surface area contributed by atoms with Gasteiger partial charge in [-0.1, -0.05) is 12.1 Å². The molecule has 3 N–H and O–H groups in total. The standard InChI is InChI=1S/C19H21N3O4/c1-13-4-3-5-15(10-13)21-18(24)8-9-19(25)22-20-12-14-6-7-17(26-2)16(23)11-14/h3-7,10-12,23H,8-9H2,1-2H3,(H,21,24)(H,22,25)/b20-12+. The molecule has 2 amide bonds. The fourth-order valence-electron chi connectivity index (χ4n) is 2.20. The number of methoxy groups -OCH3 is 1. The van der Waals surface area contributed by atoms with Crippen LogP contribution in [-0.4, -0.2) is 30.2 Å². The summed E-state index contributed by atoms with van der Waals surface area (Å²) in [5.74, 6) is -0.283. The maximum absolute atomic E-state index is 11.9. The molecule has 7 heteroatoms. The summed E-state index contributed by atoms with van der Waals surface area (Å²) in [6, 6.07) is 12.2. The number of hydrogen-bond donors (Lipinski definition) is 3. The molecule has 0 saturated carbocycles. The highest BCUT2D eigenvalue weighted by Crippen LogP contribution is 2.25. The van der Waals surface area contributed by atoms with E-state index in [4.69, 9.17) is 4.74 Å². The average molecular weight is 355 g/mol. The van der Waals surface area contributed by atoms with Gasteiger partial charge >= 0.3 is 0 Å². The number of benzene rings is 2. The number of aromatic hydroxyl groups is 1. The fourth-order valence-corrected chi connectivity index (χ4v) is 2.20. The lowest BCUT2D eigenvalue weighted by Gasteiger charge is -2.05. The fraction of sp³-hybridized carbons (Fsp3) is 0.211. The van der Waals surface area contributed by atoms with Crippen LogP contribution in [0.2, 0.25) is 0 Å². The second-order valence-electron chi connectivity index (χ2n) is 5.64. The number of rotatable bonds is 7. The van der Waals surface area contributed by atoms with Gasteiger partial charge in [-0.15, -0.1) is 0 Å². The van der Waals surface area contributed by atoms with Crippen LogP contribution in [0.1, 0.15) is 24.0 Å². The zero-order valence-corrected chi connectivity index (χ0v) is 14.7. The molecular formula is C19H21N3O4. The van der Waals surface area contributed by atoms with Crippen LogP contribution in [0.3, 0.4) is 0 Å². The van der Waals surface area contributed by atoms with Crippen molar-refractivity contribution in [2.75, 3.05) is 12.4 Å². The molecule has 0 fully saturated rings. The van der Waals surface area contributed by atoms with Crippen molar-refractivity contribution in [2.24, 2.45) is 5.10 Å². The molecule has 2 rings (SSSR count). The largest absolute Gasteiger partial charge is 0.504 e. The first-order valence-corrected chi connectivity index (χ1v) is 8.03. The predicted molar refractivity (Wildman–Crippen MR) is 99.4 cm³/mol. The van der Waals surface area contributed by atoms with Crippen molar-refractivity contribution >= 4 is 23.7 Å². The minimum absolute atomic E-state index is 0.0167.